The highest BCUT2D eigenvalue weighted by Gasteiger charge is 2.16. The van der Waals surface area contributed by atoms with Gasteiger partial charge in [0.1, 0.15) is 11.1 Å². The average Bonchev–Trinajstić information content (AvgIpc) is 2.54. The molecule has 0 aliphatic heterocycles. The molecule has 1 heterocycles. The van der Waals surface area contributed by atoms with Gasteiger partial charge in [-0.05, 0) is 48.5 Å². The first-order chi connectivity index (χ1) is 11.4. The number of fused-ring (bicyclic) bond motifs is 1. The van der Waals surface area contributed by atoms with Gasteiger partial charge in [-0.3, -0.25) is 9.59 Å². The number of hydrogen-bond acceptors (Lipinski definition) is 4. The van der Waals surface area contributed by atoms with Gasteiger partial charge in [-0.15, -0.1) is 0 Å². The zero-order valence-electron chi connectivity index (χ0n) is 12.6. The van der Waals surface area contributed by atoms with Gasteiger partial charge in [-0.1, -0.05) is 11.6 Å². The molecule has 5 nitrogen and oxygen atoms in total. The Labute approximate surface area is 141 Å². The van der Waals surface area contributed by atoms with Crippen molar-refractivity contribution in [1.29, 1.82) is 0 Å². The predicted molar refractivity (Wildman–Crippen MR) is 91.7 cm³/mol. The summed E-state index contributed by atoms with van der Waals surface area (Å²) >= 11 is 5.93. The maximum atomic E-state index is 12.5. The first-order valence-corrected chi connectivity index (χ1v) is 7.47. The third-order valence-electron chi connectivity index (χ3n) is 3.41. The Morgan fingerprint density at radius 3 is 2.42 bits per heavy atom. The Balaban J connectivity index is 2.00. The van der Waals surface area contributed by atoms with Gasteiger partial charge >= 0.3 is 5.63 Å². The molecule has 3 rings (SSSR count). The molecular formula is C18H12ClNO4. The van der Waals surface area contributed by atoms with E-state index in [9.17, 15) is 14.4 Å². The molecule has 0 fully saturated rings. The lowest BCUT2D eigenvalue weighted by Crippen LogP contribution is -2.15. The van der Waals surface area contributed by atoms with E-state index in [-0.39, 0.29) is 11.5 Å². The Morgan fingerprint density at radius 1 is 1.04 bits per heavy atom. The van der Waals surface area contributed by atoms with E-state index in [1.807, 2.05) is 0 Å². The van der Waals surface area contributed by atoms with Crippen molar-refractivity contribution >= 4 is 39.9 Å². The minimum Gasteiger partial charge on any atom is -0.422 e. The lowest BCUT2D eigenvalue weighted by molar-refractivity contribution is -0.114. The van der Waals surface area contributed by atoms with Gasteiger partial charge in [0, 0.05) is 28.6 Å². The van der Waals surface area contributed by atoms with Gasteiger partial charge in [0.05, 0.1) is 0 Å². The summed E-state index contributed by atoms with van der Waals surface area (Å²) in [4.78, 5) is 35.6. The number of nitrogens with one attached hydrogen (secondary N) is 1. The fraction of sp³-hybridized carbons (Fsp3) is 0.0556. The van der Waals surface area contributed by atoms with Crippen LogP contribution in [0.1, 0.15) is 22.8 Å². The van der Waals surface area contributed by atoms with Crippen molar-refractivity contribution in [3.05, 3.63) is 75.1 Å². The van der Waals surface area contributed by atoms with Crippen molar-refractivity contribution in [2.45, 2.75) is 6.92 Å². The molecule has 0 saturated heterocycles. The van der Waals surface area contributed by atoms with E-state index < -0.39 is 11.4 Å². The molecule has 1 N–H and O–H groups in total. The van der Waals surface area contributed by atoms with E-state index in [4.69, 9.17) is 16.0 Å². The molecule has 6 heteroatoms. The summed E-state index contributed by atoms with van der Waals surface area (Å²) in [5.74, 6) is -0.666. The molecule has 24 heavy (non-hydrogen) atoms. The molecule has 1 aromatic heterocycles. The fourth-order valence-electron chi connectivity index (χ4n) is 2.32. The van der Waals surface area contributed by atoms with Crippen molar-refractivity contribution in [3.8, 4) is 0 Å². The number of anilines is 1. The van der Waals surface area contributed by atoms with Crippen molar-refractivity contribution in [2.24, 2.45) is 0 Å². The van der Waals surface area contributed by atoms with Crippen LogP contribution in [0.2, 0.25) is 5.02 Å². The predicted octanol–water partition coefficient (Wildman–Crippen LogP) is 3.64. The fourth-order valence-corrected chi connectivity index (χ4v) is 2.50. The number of carbonyl (C=O) groups excluding carboxylic acids is 2. The Hall–Kier alpha value is -2.92. The summed E-state index contributed by atoms with van der Waals surface area (Å²) in [7, 11) is 0. The second-order valence-corrected chi connectivity index (χ2v) is 5.65. The molecule has 3 aromatic rings. The first-order valence-electron chi connectivity index (χ1n) is 7.10. The highest BCUT2D eigenvalue weighted by Crippen LogP contribution is 2.20. The molecule has 0 aliphatic carbocycles. The molecule has 0 spiro atoms. The Morgan fingerprint density at radius 2 is 1.75 bits per heavy atom. The minimum atomic E-state index is -0.708. The van der Waals surface area contributed by atoms with E-state index in [2.05, 4.69) is 5.32 Å². The number of ketones is 1. The van der Waals surface area contributed by atoms with Crippen LogP contribution in [0.25, 0.3) is 11.0 Å². The number of rotatable bonds is 3. The van der Waals surface area contributed by atoms with Crippen LogP contribution in [0.4, 0.5) is 5.69 Å². The van der Waals surface area contributed by atoms with Crippen molar-refractivity contribution in [3.63, 3.8) is 0 Å². The van der Waals surface area contributed by atoms with Crippen molar-refractivity contribution in [1.82, 2.24) is 0 Å². The van der Waals surface area contributed by atoms with Gasteiger partial charge in [-0.2, -0.15) is 0 Å². The van der Waals surface area contributed by atoms with Crippen LogP contribution in [0.15, 0.2) is 57.7 Å². The number of benzene rings is 2. The van der Waals surface area contributed by atoms with Crippen LogP contribution in [0.5, 0.6) is 0 Å². The van der Waals surface area contributed by atoms with Crippen LogP contribution in [-0.2, 0) is 4.79 Å². The summed E-state index contributed by atoms with van der Waals surface area (Å²) in [6.07, 6.45) is 0. The number of amides is 1. The summed E-state index contributed by atoms with van der Waals surface area (Å²) in [6.45, 7) is 1.39. The smallest absolute Gasteiger partial charge is 0.347 e. The summed E-state index contributed by atoms with van der Waals surface area (Å²) in [6, 6.07) is 12.5. The van der Waals surface area contributed by atoms with E-state index in [1.165, 1.54) is 25.1 Å². The topological polar surface area (TPSA) is 76.4 Å². The Bertz CT molecular complexity index is 1010. The van der Waals surface area contributed by atoms with E-state index >= 15 is 0 Å². The zero-order valence-corrected chi connectivity index (χ0v) is 13.4. The van der Waals surface area contributed by atoms with Gasteiger partial charge < -0.3 is 9.73 Å². The van der Waals surface area contributed by atoms with E-state index in [0.29, 0.717) is 27.2 Å². The normalized spacial score (nSPS) is 10.6. The van der Waals surface area contributed by atoms with Crippen LogP contribution in [0.3, 0.4) is 0 Å². The minimum absolute atomic E-state index is 0.0722. The number of halogens is 1. The molecule has 1 amide bonds. The molecule has 0 unspecified atom stereocenters. The quantitative estimate of drug-likeness (QED) is 0.583. The van der Waals surface area contributed by atoms with Crippen molar-refractivity contribution in [2.75, 3.05) is 5.32 Å². The second-order valence-electron chi connectivity index (χ2n) is 5.22. The maximum Gasteiger partial charge on any atom is 0.347 e. The van der Waals surface area contributed by atoms with Gasteiger partial charge in [-0.25, -0.2) is 4.79 Å². The maximum absolute atomic E-state index is 12.5. The highest BCUT2D eigenvalue weighted by atomic mass is 35.5. The molecule has 2 aromatic carbocycles. The molecule has 0 bridgehead atoms. The molecule has 120 valence electrons. The third kappa shape index (κ3) is 3.21. The first kappa shape index (κ1) is 16.0. The standard InChI is InChI=1S/C18H12ClNO4/c1-10(21)20-14-5-2-11(3-6-14)17(22)15-9-12-8-13(19)4-7-16(12)24-18(15)23/h2-9H,1H3,(H,20,21). The monoisotopic (exact) mass is 341 g/mol. The molecule has 0 radical (unpaired) electrons. The van der Waals surface area contributed by atoms with Crippen LogP contribution in [0, 0.1) is 0 Å². The van der Waals surface area contributed by atoms with E-state index in [0.717, 1.165) is 0 Å². The van der Waals surface area contributed by atoms with Crippen LogP contribution in [-0.4, -0.2) is 11.7 Å². The number of hydrogen-bond donors (Lipinski definition) is 1. The van der Waals surface area contributed by atoms with Crippen LogP contribution >= 0.6 is 11.6 Å². The highest BCUT2D eigenvalue weighted by molar-refractivity contribution is 6.31. The summed E-state index contributed by atoms with van der Waals surface area (Å²) in [5.41, 5.74) is 0.467. The van der Waals surface area contributed by atoms with Gasteiger partial charge in [0.2, 0.25) is 5.91 Å². The second kappa shape index (κ2) is 6.29. The summed E-state index contributed by atoms with van der Waals surface area (Å²) < 4.78 is 5.17. The molecule has 0 atom stereocenters. The largest absolute Gasteiger partial charge is 0.422 e. The van der Waals surface area contributed by atoms with Gasteiger partial charge in [0.25, 0.3) is 0 Å². The molecular weight excluding hydrogens is 330 g/mol. The lowest BCUT2D eigenvalue weighted by Gasteiger charge is -2.05. The SMILES string of the molecule is CC(=O)Nc1ccc(C(=O)c2cc3cc(Cl)ccc3oc2=O)cc1. The van der Waals surface area contributed by atoms with Gasteiger partial charge in [0.15, 0.2) is 5.78 Å². The van der Waals surface area contributed by atoms with Crippen LogP contribution < -0.4 is 10.9 Å². The average molecular weight is 342 g/mol. The number of carbonyl (C=O) groups is 2. The molecule has 0 saturated carbocycles. The Kier molecular flexibility index (Phi) is 4.18. The summed E-state index contributed by atoms with van der Waals surface area (Å²) in [5, 5.41) is 3.66. The van der Waals surface area contributed by atoms with Crippen molar-refractivity contribution < 1.29 is 14.0 Å². The van der Waals surface area contributed by atoms with E-state index in [1.54, 1.807) is 30.3 Å². The lowest BCUT2D eigenvalue weighted by atomic mass is 10.0. The zero-order chi connectivity index (χ0) is 17.3. The molecule has 0 aliphatic rings. The third-order valence-corrected chi connectivity index (χ3v) is 3.64.